The van der Waals surface area contributed by atoms with Crippen molar-refractivity contribution >= 4 is 6.08 Å². The Morgan fingerprint density at radius 3 is 2.38 bits per heavy atom. The Kier molecular flexibility index (Phi) is 4.56. The van der Waals surface area contributed by atoms with Crippen molar-refractivity contribution in [3.8, 4) is 5.75 Å². The highest BCUT2D eigenvalue weighted by atomic mass is 16.5. The Morgan fingerprint density at radius 1 is 1.25 bits per heavy atom. The Balaban J connectivity index is 2.44. The van der Waals surface area contributed by atoms with Crippen molar-refractivity contribution in [1.82, 2.24) is 0 Å². The van der Waals surface area contributed by atoms with E-state index in [1.165, 1.54) is 5.56 Å². The van der Waals surface area contributed by atoms with Crippen LogP contribution in [0.1, 0.15) is 32.3 Å². The number of ether oxygens (including phenoxy) is 1. The molecule has 0 spiro atoms. The summed E-state index contributed by atoms with van der Waals surface area (Å²) in [5.74, 6) is 0.889. The molecule has 0 bridgehead atoms. The van der Waals surface area contributed by atoms with Gasteiger partial charge in [0.2, 0.25) is 0 Å². The van der Waals surface area contributed by atoms with Gasteiger partial charge in [0.15, 0.2) is 0 Å². The molecular weight excluding hydrogens is 198 g/mol. The van der Waals surface area contributed by atoms with Crippen LogP contribution in [0, 0.1) is 0 Å². The summed E-state index contributed by atoms with van der Waals surface area (Å²) < 4.78 is 5.10. The molecule has 2 N–H and O–H groups in total. The molecule has 2 heteroatoms. The maximum Gasteiger partial charge on any atom is 0.118 e. The average Bonchev–Trinajstić information content (AvgIpc) is 2.24. The van der Waals surface area contributed by atoms with E-state index in [9.17, 15) is 0 Å². The molecule has 0 saturated heterocycles. The quantitative estimate of drug-likeness (QED) is 0.825. The van der Waals surface area contributed by atoms with Crippen LogP contribution in [0.2, 0.25) is 0 Å². The molecule has 16 heavy (non-hydrogen) atoms. The van der Waals surface area contributed by atoms with Gasteiger partial charge in [-0.05, 0) is 44.4 Å². The minimum absolute atomic E-state index is 0.0791. The summed E-state index contributed by atoms with van der Waals surface area (Å²) in [6, 6.07) is 8.02. The molecule has 0 atom stereocenters. The van der Waals surface area contributed by atoms with Crippen molar-refractivity contribution in [1.29, 1.82) is 0 Å². The van der Waals surface area contributed by atoms with E-state index in [1.807, 2.05) is 38.1 Å². The second-order valence-electron chi connectivity index (χ2n) is 4.70. The number of methoxy groups -OCH3 is 1. The topological polar surface area (TPSA) is 35.2 Å². The lowest BCUT2D eigenvalue weighted by molar-refractivity contribution is 0.415. The van der Waals surface area contributed by atoms with E-state index in [4.69, 9.17) is 10.5 Å². The molecule has 0 aliphatic rings. The van der Waals surface area contributed by atoms with Gasteiger partial charge in [-0.15, -0.1) is 0 Å². The van der Waals surface area contributed by atoms with E-state index in [-0.39, 0.29) is 5.54 Å². The minimum atomic E-state index is -0.0791. The summed E-state index contributed by atoms with van der Waals surface area (Å²) in [5.41, 5.74) is 7.01. The fourth-order valence-corrected chi connectivity index (χ4v) is 1.39. The lowest BCUT2D eigenvalue weighted by Gasteiger charge is -2.16. The molecule has 0 aromatic heterocycles. The largest absolute Gasteiger partial charge is 0.497 e. The van der Waals surface area contributed by atoms with Crippen LogP contribution in [0.15, 0.2) is 30.3 Å². The fraction of sp³-hybridized carbons (Fsp3) is 0.429. The molecule has 0 radical (unpaired) electrons. The Morgan fingerprint density at radius 2 is 1.88 bits per heavy atom. The third-order valence-corrected chi connectivity index (χ3v) is 2.38. The highest BCUT2D eigenvalue weighted by Crippen LogP contribution is 2.13. The van der Waals surface area contributed by atoms with Crippen molar-refractivity contribution in [2.75, 3.05) is 7.11 Å². The number of benzene rings is 1. The highest BCUT2D eigenvalue weighted by Gasteiger charge is 2.07. The number of hydrogen-bond donors (Lipinski definition) is 1. The lowest BCUT2D eigenvalue weighted by atomic mass is 10.00. The van der Waals surface area contributed by atoms with Crippen molar-refractivity contribution in [2.24, 2.45) is 5.73 Å². The van der Waals surface area contributed by atoms with Gasteiger partial charge < -0.3 is 10.5 Å². The second-order valence-corrected chi connectivity index (χ2v) is 4.70. The zero-order valence-corrected chi connectivity index (χ0v) is 10.4. The first kappa shape index (κ1) is 12.8. The maximum absolute atomic E-state index is 5.90. The van der Waals surface area contributed by atoms with Crippen LogP contribution in [-0.4, -0.2) is 12.6 Å². The van der Waals surface area contributed by atoms with Gasteiger partial charge in [0, 0.05) is 5.54 Å². The summed E-state index contributed by atoms with van der Waals surface area (Å²) in [6.07, 6.45) is 6.29. The molecule has 2 nitrogen and oxygen atoms in total. The van der Waals surface area contributed by atoms with Crippen molar-refractivity contribution in [3.63, 3.8) is 0 Å². The summed E-state index contributed by atoms with van der Waals surface area (Å²) in [7, 11) is 1.67. The van der Waals surface area contributed by atoms with Gasteiger partial charge in [0.05, 0.1) is 7.11 Å². The summed E-state index contributed by atoms with van der Waals surface area (Å²) in [6.45, 7) is 4.10. The molecule has 88 valence electrons. The molecule has 0 fully saturated rings. The van der Waals surface area contributed by atoms with Crippen molar-refractivity contribution in [2.45, 2.75) is 32.2 Å². The average molecular weight is 219 g/mol. The molecule has 1 aromatic rings. The van der Waals surface area contributed by atoms with Crippen LogP contribution >= 0.6 is 0 Å². The molecule has 0 heterocycles. The first-order valence-electron chi connectivity index (χ1n) is 5.61. The van der Waals surface area contributed by atoms with E-state index in [0.717, 1.165) is 18.6 Å². The molecule has 0 unspecified atom stereocenters. The molecule has 1 rings (SSSR count). The van der Waals surface area contributed by atoms with Crippen LogP contribution in [0.4, 0.5) is 0 Å². The van der Waals surface area contributed by atoms with Crippen LogP contribution in [-0.2, 0) is 0 Å². The molecule has 0 aliphatic carbocycles. The molecule has 0 saturated carbocycles. The van der Waals surface area contributed by atoms with Gasteiger partial charge in [-0.25, -0.2) is 0 Å². The smallest absolute Gasteiger partial charge is 0.118 e. The number of allylic oxidation sites excluding steroid dienone is 1. The van der Waals surface area contributed by atoms with Crippen molar-refractivity contribution in [3.05, 3.63) is 35.9 Å². The first-order valence-corrected chi connectivity index (χ1v) is 5.61. The van der Waals surface area contributed by atoms with Gasteiger partial charge in [-0.1, -0.05) is 24.3 Å². The minimum Gasteiger partial charge on any atom is -0.497 e. The van der Waals surface area contributed by atoms with Crippen LogP contribution in [0.5, 0.6) is 5.75 Å². The Labute approximate surface area is 98.1 Å². The fourth-order valence-electron chi connectivity index (χ4n) is 1.39. The second kappa shape index (κ2) is 5.71. The van der Waals surface area contributed by atoms with Crippen LogP contribution in [0.25, 0.3) is 6.08 Å². The predicted molar refractivity (Wildman–Crippen MR) is 69.5 cm³/mol. The lowest BCUT2D eigenvalue weighted by Crippen LogP contribution is -2.31. The monoisotopic (exact) mass is 219 g/mol. The molecule has 0 amide bonds. The molecular formula is C14H21NO. The standard InChI is InChI=1S/C14H21NO/c1-14(2,15)11-5-4-6-12-7-9-13(16-3)10-8-12/h4,6-10H,5,11,15H2,1-3H3/b6-4+. The van der Waals surface area contributed by atoms with Gasteiger partial charge in [0.25, 0.3) is 0 Å². The Bertz CT molecular complexity index is 333. The first-order chi connectivity index (χ1) is 7.51. The third-order valence-electron chi connectivity index (χ3n) is 2.38. The Hall–Kier alpha value is -1.28. The van der Waals surface area contributed by atoms with Gasteiger partial charge >= 0.3 is 0 Å². The summed E-state index contributed by atoms with van der Waals surface area (Å²) in [4.78, 5) is 0. The number of nitrogens with two attached hydrogens (primary N) is 1. The predicted octanol–water partition coefficient (Wildman–Crippen LogP) is 3.23. The zero-order chi connectivity index (χ0) is 12.0. The third kappa shape index (κ3) is 4.99. The SMILES string of the molecule is COc1ccc(/C=C/CCC(C)(C)N)cc1. The van der Waals surface area contributed by atoms with Gasteiger partial charge in [-0.3, -0.25) is 0 Å². The van der Waals surface area contributed by atoms with Gasteiger partial charge in [0.1, 0.15) is 5.75 Å². The summed E-state index contributed by atoms with van der Waals surface area (Å²) in [5, 5.41) is 0. The van der Waals surface area contributed by atoms with E-state index in [2.05, 4.69) is 12.2 Å². The number of rotatable bonds is 5. The van der Waals surface area contributed by atoms with E-state index in [1.54, 1.807) is 7.11 Å². The van der Waals surface area contributed by atoms with E-state index >= 15 is 0 Å². The normalized spacial score (nSPS) is 12.0. The maximum atomic E-state index is 5.90. The van der Waals surface area contributed by atoms with Crippen LogP contribution in [0.3, 0.4) is 0 Å². The zero-order valence-electron chi connectivity index (χ0n) is 10.4. The molecule has 1 aromatic carbocycles. The van der Waals surface area contributed by atoms with E-state index < -0.39 is 0 Å². The van der Waals surface area contributed by atoms with E-state index in [0.29, 0.717) is 0 Å². The highest BCUT2D eigenvalue weighted by molar-refractivity contribution is 5.50. The van der Waals surface area contributed by atoms with Crippen LogP contribution < -0.4 is 10.5 Å². The number of hydrogen-bond acceptors (Lipinski definition) is 2. The summed E-state index contributed by atoms with van der Waals surface area (Å²) >= 11 is 0. The van der Waals surface area contributed by atoms with Gasteiger partial charge in [-0.2, -0.15) is 0 Å². The van der Waals surface area contributed by atoms with Crippen molar-refractivity contribution < 1.29 is 4.74 Å². The molecule has 0 aliphatic heterocycles.